The molecule has 1 saturated heterocycles. The first-order chi connectivity index (χ1) is 21.0. The summed E-state index contributed by atoms with van der Waals surface area (Å²) in [6.45, 7) is 5.77. The molecule has 43 heavy (non-hydrogen) atoms. The second kappa shape index (κ2) is 14.9. The van der Waals surface area contributed by atoms with Crippen LogP contribution in [0, 0.1) is 5.82 Å². The average Bonchev–Trinajstić information content (AvgIpc) is 3.03. The zero-order valence-corrected chi connectivity index (χ0v) is 23.8. The van der Waals surface area contributed by atoms with E-state index in [1.165, 1.54) is 41.6 Å². The van der Waals surface area contributed by atoms with Crippen molar-refractivity contribution < 1.29 is 18.7 Å². The van der Waals surface area contributed by atoms with Crippen molar-refractivity contribution in [3.8, 4) is 5.75 Å². The molecular weight excluding hydrogens is 545 g/mol. The van der Waals surface area contributed by atoms with Crippen LogP contribution in [0.25, 0.3) is 0 Å². The molecule has 220 valence electrons. The molecule has 0 aliphatic carbocycles. The number of amides is 2. The van der Waals surface area contributed by atoms with E-state index in [4.69, 9.17) is 4.74 Å². The number of ether oxygens (including phenoxy) is 1. The van der Waals surface area contributed by atoms with Crippen molar-refractivity contribution in [2.45, 2.75) is 13.1 Å². The Balaban J connectivity index is 1.01. The van der Waals surface area contributed by atoms with Gasteiger partial charge in [0, 0.05) is 50.5 Å². The molecule has 2 amide bonds. The number of halogens is 1. The normalized spacial score (nSPS) is 14.0. The fraction of sp³-hybridized carbons (Fsp3) is 0.206. The summed E-state index contributed by atoms with van der Waals surface area (Å²) < 4.78 is 18.5. The lowest BCUT2D eigenvalue weighted by molar-refractivity contribution is -0.118. The van der Waals surface area contributed by atoms with Gasteiger partial charge in [-0.3, -0.25) is 19.4 Å². The number of hydrazone groups is 1. The summed E-state index contributed by atoms with van der Waals surface area (Å²) in [7, 11) is 0. The molecule has 2 N–H and O–H groups in total. The maximum Gasteiger partial charge on any atom is 0.271 e. The highest BCUT2D eigenvalue weighted by molar-refractivity contribution is 5.95. The van der Waals surface area contributed by atoms with E-state index in [0.29, 0.717) is 17.0 Å². The first kappa shape index (κ1) is 29.6. The molecule has 1 fully saturated rings. The van der Waals surface area contributed by atoms with Crippen LogP contribution in [0.3, 0.4) is 0 Å². The van der Waals surface area contributed by atoms with Crippen LogP contribution in [0.4, 0.5) is 10.1 Å². The quantitative estimate of drug-likeness (QED) is 0.195. The van der Waals surface area contributed by atoms with Gasteiger partial charge in [0.05, 0.1) is 6.21 Å². The summed E-state index contributed by atoms with van der Waals surface area (Å²) >= 11 is 0. The van der Waals surface area contributed by atoms with Gasteiger partial charge < -0.3 is 10.1 Å². The molecule has 0 atom stereocenters. The number of nitrogens with one attached hydrogen (secondary N) is 2. The highest BCUT2D eigenvalue weighted by Gasteiger charge is 2.17. The zero-order valence-electron chi connectivity index (χ0n) is 23.8. The molecule has 8 nitrogen and oxygen atoms in total. The molecule has 9 heteroatoms. The second-order valence-electron chi connectivity index (χ2n) is 10.3. The van der Waals surface area contributed by atoms with Crippen LogP contribution in [0.5, 0.6) is 5.75 Å². The number of anilines is 1. The number of hydrogen-bond acceptors (Lipinski definition) is 6. The van der Waals surface area contributed by atoms with Gasteiger partial charge in [-0.2, -0.15) is 5.10 Å². The highest BCUT2D eigenvalue weighted by Crippen LogP contribution is 2.14. The fourth-order valence-corrected chi connectivity index (χ4v) is 4.73. The van der Waals surface area contributed by atoms with Crippen LogP contribution in [0.15, 0.2) is 108 Å². The van der Waals surface area contributed by atoms with Crippen molar-refractivity contribution in [3.05, 3.63) is 131 Å². The van der Waals surface area contributed by atoms with Gasteiger partial charge in [-0.15, -0.1) is 0 Å². The Morgan fingerprint density at radius 3 is 2.00 bits per heavy atom. The third kappa shape index (κ3) is 9.32. The SMILES string of the molecule is O=C(COc1ccc(/C=N\NC(=O)c2ccc(CN3CCN(Cc4ccccc4)CC3)cc2)cc1)Nc1ccc(F)cc1. The second-order valence-corrected chi connectivity index (χ2v) is 10.3. The van der Waals surface area contributed by atoms with E-state index >= 15 is 0 Å². The predicted octanol–water partition coefficient (Wildman–Crippen LogP) is 4.92. The first-order valence-corrected chi connectivity index (χ1v) is 14.2. The Kier molecular flexibility index (Phi) is 10.2. The summed E-state index contributed by atoms with van der Waals surface area (Å²) in [5, 5.41) is 6.70. The van der Waals surface area contributed by atoms with Crippen LogP contribution < -0.4 is 15.5 Å². The topological polar surface area (TPSA) is 86.3 Å². The van der Waals surface area contributed by atoms with Gasteiger partial charge in [0.2, 0.25) is 0 Å². The summed E-state index contributed by atoms with van der Waals surface area (Å²) in [5.41, 5.74) is 6.86. The molecule has 1 heterocycles. The molecule has 1 aliphatic heterocycles. The lowest BCUT2D eigenvalue weighted by atomic mass is 10.1. The number of nitrogens with zero attached hydrogens (tertiary/aromatic N) is 3. The van der Waals surface area contributed by atoms with Gasteiger partial charge in [0.1, 0.15) is 11.6 Å². The van der Waals surface area contributed by atoms with Crippen LogP contribution in [0.2, 0.25) is 0 Å². The number of piperazine rings is 1. The molecule has 5 rings (SSSR count). The van der Waals surface area contributed by atoms with Crippen LogP contribution in [0.1, 0.15) is 27.0 Å². The molecule has 0 bridgehead atoms. The lowest BCUT2D eigenvalue weighted by Crippen LogP contribution is -2.45. The zero-order chi connectivity index (χ0) is 29.9. The van der Waals surface area contributed by atoms with Gasteiger partial charge in [0.15, 0.2) is 6.61 Å². The van der Waals surface area contributed by atoms with Crippen LogP contribution in [-0.4, -0.2) is 60.6 Å². The summed E-state index contributed by atoms with van der Waals surface area (Å²) in [6.07, 6.45) is 1.54. The van der Waals surface area contributed by atoms with E-state index in [1.807, 2.05) is 30.3 Å². The Morgan fingerprint density at radius 2 is 1.37 bits per heavy atom. The van der Waals surface area contributed by atoms with Crippen molar-refractivity contribution >= 4 is 23.7 Å². The van der Waals surface area contributed by atoms with Gasteiger partial charge in [-0.1, -0.05) is 42.5 Å². The lowest BCUT2D eigenvalue weighted by Gasteiger charge is -2.34. The standard InChI is InChI=1S/C34H34FN5O3/c35-30-12-14-31(15-13-30)37-33(41)25-43-32-16-8-26(9-17-32)22-36-38-34(42)29-10-6-28(7-11-29)24-40-20-18-39(19-21-40)23-27-4-2-1-3-5-27/h1-17,22H,18-21,23-25H2,(H,37,41)(H,38,42)/b36-22-. The molecular formula is C34H34FN5O3. The predicted molar refractivity (Wildman–Crippen MR) is 165 cm³/mol. The Morgan fingerprint density at radius 1 is 0.767 bits per heavy atom. The van der Waals surface area contributed by atoms with E-state index in [2.05, 4.69) is 49.9 Å². The number of carbonyl (C=O) groups excluding carboxylic acids is 2. The van der Waals surface area contributed by atoms with Crippen molar-refractivity contribution in [3.63, 3.8) is 0 Å². The van der Waals surface area contributed by atoms with Crippen molar-refractivity contribution in [1.29, 1.82) is 0 Å². The Labute approximate surface area is 250 Å². The molecule has 0 aromatic heterocycles. The van der Waals surface area contributed by atoms with Gasteiger partial charge in [-0.05, 0) is 77.4 Å². The minimum atomic E-state index is -0.373. The van der Waals surface area contributed by atoms with Crippen molar-refractivity contribution in [1.82, 2.24) is 15.2 Å². The molecule has 0 unspecified atom stereocenters. The number of hydrogen-bond donors (Lipinski definition) is 2. The first-order valence-electron chi connectivity index (χ1n) is 14.2. The minimum Gasteiger partial charge on any atom is -0.484 e. The maximum absolute atomic E-state index is 13.0. The molecule has 0 spiro atoms. The van der Waals surface area contributed by atoms with E-state index in [9.17, 15) is 14.0 Å². The fourth-order valence-electron chi connectivity index (χ4n) is 4.73. The summed E-state index contributed by atoms with van der Waals surface area (Å²) in [6, 6.07) is 30.6. The smallest absolute Gasteiger partial charge is 0.271 e. The maximum atomic E-state index is 13.0. The Hall–Kier alpha value is -4.86. The number of benzene rings is 4. The average molecular weight is 580 g/mol. The van der Waals surface area contributed by atoms with Crippen molar-refractivity contribution in [2.75, 3.05) is 38.1 Å². The minimum absolute atomic E-state index is 0.189. The van der Waals surface area contributed by atoms with E-state index in [0.717, 1.165) is 44.8 Å². The molecule has 0 radical (unpaired) electrons. The van der Waals surface area contributed by atoms with E-state index < -0.39 is 0 Å². The van der Waals surface area contributed by atoms with Gasteiger partial charge in [-0.25, -0.2) is 9.82 Å². The largest absolute Gasteiger partial charge is 0.484 e. The van der Waals surface area contributed by atoms with E-state index in [1.54, 1.807) is 24.3 Å². The van der Waals surface area contributed by atoms with Crippen LogP contribution in [-0.2, 0) is 17.9 Å². The molecule has 0 saturated carbocycles. The Bertz CT molecular complexity index is 1500. The van der Waals surface area contributed by atoms with Gasteiger partial charge in [0.25, 0.3) is 11.8 Å². The van der Waals surface area contributed by atoms with Gasteiger partial charge >= 0.3 is 0 Å². The van der Waals surface area contributed by atoms with Crippen molar-refractivity contribution in [2.24, 2.45) is 5.10 Å². The number of rotatable bonds is 11. The highest BCUT2D eigenvalue weighted by atomic mass is 19.1. The summed E-state index contributed by atoms with van der Waals surface area (Å²) in [4.78, 5) is 29.5. The molecule has 4 aromatic rings. The number of carbonyl (C=O) groups is 2. The third-order valence-corrected chi connectivity index (χ3v) is 7.09. The monoisotopic (exact) mass is 579 g/mol. The molecule has 1 aliphatic rings. The van der Waals surface area contributed by atoms with Crippen LogP contribution >= 0.6 is 0 Å². The third-order valence-electron chi connectivity index (χ3n) is 7.09. The molecule has 4 aromatic carbocycles. The summed E-state index contributed by atoms with van der Waals surface area (Å²) in [5.74, 6) is -0.513. The van der Waals surface area contributed by atoms with E-state index in [-0.39, 0.29) is 24.2 Å².